The number of anilines is 1. The van der Waals surface area contributed by atoms with Crippen LogP contribution in [0.1, 0.15) is 30.2 Å². The van der Waals surface area contributed by atoms with Gasteiger partial charge in [-0.2, -0.15) is 10.1 Å². The van der Waals surface area contributed by atoms with Crippen LogP contribution in [0.3, 0.4) is 0 Å². The van der Waals surface area contributed by atoms with Gasteiger partial charge in [-0.15, -0.1) is 0 Å². The van der Waals surface area contributed by atoms with Crippen molar-refractivity contribution >= 4 is 17.0 Å². The summed E-state index contributed by atoms with van der Waals surface area (Å²) in [5.41, 5.74) is 2.44. The molecule has 0 unspecified atom stereocenters. The number of rotatable bonds is 5. The van der Waals surface area contributed by atoms with Crippen LogP contribution in [-0.4, -0.2) is 39.3 Å². The number of imidazole rings is 1. The fourth-order valence-electron chi connectivity index (χ4n) is 2.81. The van der Waals surface area contributed by atoms with E-state index in [-0.39, 0.29) is 6.04 Å². The Morgan fingerprint density at radius 2 is 1.89 bits per heavy atom. The lowest BCUT2D eigenvalue weighted by Gasteiger charge is -2.13. The summed E-state index contributed by atoms with van der Waals surface area (Å²) in [6, 6.07) is -0.293. The third-order valence-corrected chi connectivity index (χ3v) is 4.15. The average Bonchev–Trinajstić information content (AvgIpc) is 3.22. The highest BCUT2D eigenvalue weighted by atomic mass is 19.1. The van der Waals surface area contributed by atoms with Gasteiger partial charge in [0.2, 0.25) is 5.95 Å². The van der Waals surface area contributed by atoms with Gasteiger partial charge in [0.05, 0.1) is 47.7 Å². The summed E-state index contributed by atoms with van der Waals surface area (Å²) in [4.78, 5) is 21.6. The molecule has 4 aromatic heterocycles. The van der Waals surface area contributed by atoms with Gasteiger partial charge in [0.25, 0.3) is 0 Å². The molecule has 0 radical (unpaired) electrons. The number of aromatic nitrogens is 8. The predicted molar refractivity (Wildman–Crippen MR) is 96.3 cm³/mol. The lowest BCUT2D eigenvalue weighted by Crippen LogP contribution is -2.14. The van der Waals surface area contributed by atoms with Gasteiger partial charge in [0, 0.05) is 26.7 Å². The molecule has 0 aliphatic carbocycles. The van der Waals surface area contributed by atoms with Crippen LogP contribution in [0, 0.1) is 5.82 Å². The first-order chi connectivity index (χ1) is 13.0. The predicted octanol–water partition coefficient (Wildman–Crippen LogP) is 1.79. The molecule has 4 aromatic rings. The van der Waals surface area contributed by atoms with E-state index in [9.17, 15) is 4.39 Å². The number of nitrogens with one attached hydrogen (secondary N) is 1. The Kier molecular flexibility index (Phi) is 4.22. The molecule has 0 aliphatic heterocycles. The van der Waals surface area contributed by atoms with E-state index in [1.54, 1.807) is 17.2 Å². The van der Waals surface area contributed by atoms with Gasteiger partial charge >= 0.3 is 0 Å². The van der Waals surface area contributed by atoms with Crippen molar-refractivity contribution < 1.29 is 4.39 Å². The molecule has 138 valence electrons. The maximum atomic E-state index is 13.0. The second-order valence-electron chi connectivity index (χ2n) is 6.33. The first-order valence-corrected chi connectivity index (χ1v) is 8.39. The summed E-state index contributed by atoms with van der Waals surface area (Å²) in [5, 5.41) is 8.34. The smallest absolute Gasteiger partial charge is 0.225 e. The highest BCUT2D eigenvalue weighted by molar-refractivity contribution is 5.78. The Labute approximate surface area is 154 Å². The summed E-state index contributed by atoms with van der Waals surface area (Å²) < 4.78 is 16.6. The molecule has 1 N–H and O–H groups in total. The molecule has 0 aliphatic rings. The SMILES string of the molecule is C[C@H](Nc1nc(Cc2cn(C)cn2)c2cnn(C)c2n1)c1ncc(F)cn1. The van der Waals surface area contributed by atoms with Crippen molar-refractivity contribution in [3.8, 4) is 0 Å². The van der Waals surface area contributed by atoms with Crippen LogP contribution in [0.25, 0.3) is 11.0 Å². The van der Waals surface area contributed by atoms with E-state index < -0.39 is 5.82 Å². The molecule has 27 heavy (non-hydrogen) atoms. The molecular formula is C17H18FN9. The Hall–Kier alpha value is -3.43. The Balaban J connectivity index is 1.68. The van der Waals surface area contributed by atoms with E-state index in [0.717, 1.165) is 29.2 Å². The Morgan fingerprint density at radius 1 is 1.11 bits per heavy atom. The minimum absolute atomic E-state index is 0.293. The summed E-state index contributed by atoms with van der Waals surface area (Å²) in [6.45, 7) is 1.86. The van der Waals surface area contributed by atoms with Crippen molar-refractivity contribution in [3.63, 3.8) is 0 Å². The average molecular weight is 367 g/mol. The zero-order valence-corrected chi connectivity index (χ0v) is 15.1. The first-order valence-electron chi connectivity index (χ1n) is 8.39. The Bertz CT molecular complexity index is 1080. The van der Waals surface area contributed by atoms with Crippen molar-refractivity contribution in [1.82, 2.24) is 39.3 Å². The molecule has 10 heteroatoms. The standard InChI is InChI=1S/C17H18FN9/c1-10(15-19-5-11(18)6-20-15)23-17-24-14(4-12-8-26(2)9-21-12)13-7-22-27(3)16(13)25-17/h5-10H,4H2,1-3H3,(H,23,24,25)/t10-/m0/s1. The lowest BCUT2D eigenvalue weighted by atomic mass is 10.2. The molecule has 0 saturated heterocycles. The number of fused-ring (bicyclic) bond motifs is 1. The van der Waals surface area contributed by atoms with Crippen molar-refractivity contribution in [1.29, 1.82) is 0 Å². The molecule has 0 fully saturated rings. The zero-order valence-electron chi connectivity index (χ0n) is 15.1. The van der Waals surface area contributed by atoms with Gasteiger partial charge < -0.3 is 9.88 Å². The van der Waals surface area contributed by atoms with E-state index in [0.29, 0.717) is 23.8 Å². The van der Waals surface area contributed by atoms with Gasteiger partial charge in [-0.3, -0.25) is 4.68 Å². The van der Waals surface area contributed by atoms with Crippen molar-refractivity contribution in [2.45, 2.75) is 19.4 Å². The van der Waals surface area contributed by atoms with E-state index in [2.05, 4.69) is 35.3 Å². The maximum Gasteiger partial charge on any atom is 0.225 e. The third-order valence-electron chi connectivity index (χ3n) is 4.15. The molecule has 4 heterocycles. The van der Waals surface area contributed by atoms with E-state index in [1.165, 1.54) is 0 Å². The number of halogens is 1. The van der Waals surface area contributed by atoms with E-state index in [4.69, 9.17) is 0 Å². The molecule has 9 nitrogen and oxygen atoms in total. The second-order valence-corrected chi connectivity index (χ2v) is 6.33. The van der Waals surface area contributed by atoms with Gasteiger partial charge in [-0.05, 0) is 6.92 Å². The maximum absolute atomic E-state index is 13.0. The number of hydrogen-bond acceptors (Lipinski definition) is 7. The summed E-state index contributed by atoms with van der Waals surface area (Å²) in [6.07, 6.45) is 8.29. The topological polar surface area (TPSA) is 99.2 Å². The van der Waals surface area contributed by atoms with Gasteiger partial charge in [-0.25, -0.2) is 24.3 Å². The van der Waals surface area contributed by atoms with E-state index in [1.807, 2.05) is 31.8 Å². The van der Waals surface area contributed by atoms with Crippen molar-refractivity contribution in [3.05, 3.63) is 54.1 Å². The highest BCUT2D eigenvalue weighted by Crippen LogP contribution is 2.21. The number of hydrogen-bond donors (Lipinski definition) is 1. The second kappa shape index (κ2) is 6.71. The van der Waals surface area contributed by atoms with Gasteiger partial charge in [0.15, 0.2) is 11.5 Å². The molecule has 4 rings (SSSR count). The van der Waals surface area contributed by atoms with Crippen LogP contribution in [0.4, 0.5) is 10.3 Å². The summed E-state index contributed by atoms with van der Waals surface area (Å²) in [5.74, 6) is 0.407. The van der Waals surface area contributed by atoms with Crippen LogP contribution >= 0.6 is 0 Å². The fraction of sp³-hybridized carbons (Fsp3) is 0.294. The normalized spacial score (nSPS) is 12.4. The minimum Gasteiger partial charge on any atom is -0.344 e. The molecule has 0 amide bonds. The van der Waals surface area contributed by atoms with Crippen LogP contribution < -0.4 is 5.32 Å². The molecule has 1 atom stereocenters. The molecule has 0 saturated carbocycles. The van der Waals surface area contributed by atoms with Crippen molar-refractivity contribution in [2.75, 3.05) is 5.32 Å². The monoisotopic (exact) mass is 367 g/mol. The largest absolute Gasteiger partial charge is 0.344 e. The number of aryl methyl sites for hydroxylation is 2. The van der Waals surface area contributed by atoms with Gasteiger partial charge in [0.1, 0.15) is 5.82 Å². The first kappa shape index (κ1) is 17.0. The number of nitrogens with zero attached hydrogens (tertiary/aromatic N) is 8. The van der Waals surface area contributed by atoms with E-state index >= 15 is 0 Å². The summed E-state index contributed by atoms with van der Waals surface area (Å²) >= 11 is 0. The highest BCUT2D eigenvalue weighted by Gasteiger charge is 2.16. The quantitative estimate of drug-likeness (QED) is 0.574. The van der Waals surface area contributed by atoms with Crippen LogP contribution in [0.15, 0.2) is 31.1 Å². The van der Waals surface area contributed by atoms with Crippen LogP contribution in [-0.2, 0) is 20.5 Å². The zero-order chi connectivity index (χ0) is 19.0. The lowest BCUT2D eigenvalue weighted by molar-refractivity contribution is 0.604. The third kappa shape index (κ3) is 3.46. The molecule has 0 spiro atoms. The Morgan fingerprint density at radius 3 is 2.59 bits per heavy atom. The fourth-order valence-corrected chi connectivity index (χ4v) is 2.81. The van der Waals surface area contributed by atoms with Gasteiger partial charge in [-0.1, -0.05) is 0 Å². The summed E-state index contributed by atoms with van der Waals surface area (Å²) in [7, 11) is 3.75. The van der Waals surface area contributed by atoms with Crippen LogP contribution in [0.2, 0.25) is 0 Å². The molecule has 0 bridgehead atoms. The van der Waals surface area contributed by atoms with Crippen LogP contribution in [0.5, 0.6) is 0 Å². The van der Waals surface area contributed by atoms with Crippen molar-refractivity contribution in [2.24, 2.45) is 14.1 Å². The molecular weight excluding hydrogens is 349 g/mol. The minimum atomic E-state index is -0.476. The molecule has 0 aromatic carbocycles.